The van der Waals surface area contributed by atoms with E-state index in [1.165, 1.54) is 6.42 Å². The molecule has 1 saturated carbocycles. The maximum absolute atomic E-state index is 2.48. The maximum atomic E-state index is 2.48. The second-order valence-corrected chi connectivity index (χ2v) is 4.20. The van der Waals surface area contributed by atoms with Crippen LogP contribution in [0.4, 0.5) is 0 Å². The van der Waals surface area contributed by atoms with Crippen molar-refractivity contribution in [1.82, 2.24) is 0 Å². The molecule has 1 radical (unpaired) electrons. The summed E-state index contributed by atoms with van der Waals surface area (Å²) in [6.45, 7) is 9.31. The van der Waals surface area contributed by atoms with Gasteiger partial charge in [0.1, 0.15) is 0 Å². The smallest absolute Gasteiger partial charge is 0.0298 e. The minimum atomic E-state index is 0.513. The van der Waals surface area contributed by atoms with E-state index in [9.17, 15) is 0 Å². The van der Waals surface area contributed by atoms with Gasteiger partial charge in [-0.25, -0.2) is 0 Å². The van der Waals surface area contributed by atoms with Crippen LogP contribution in [-0.2, 0) is 0 Å². The fourth-order valence-corrected chi connectivity index (χ4v) is 1.96. The van der Waals surface area contributed by atoms with Gasteiger partial charge in [-0.1, -0.05) is 27.7 Å². The van der Waals surface area contributed by atoms with Crippen molar-refractivity contribution in [3.63, 3.8) is 0 Å². The average molecular weight is 125 g/mol. The molecule has 0 aromatic carbocycles. The van der Waals surface area contributed by atoms with Crippen LogP contribution in [0.15, 0.2) is 0 Å². The van der Waals surface area contributed by atoms with E-state index in [4.69, 9.17) is 0 Å². The van der Waals surface area contributed by atoms with Gasteiger partial charge in [0.05, 0.1) is 0 Å². The number of rotatable bonds is 0. The Morgan fingerprint density at radius 3 is 2.00 bits per heavy atom. The summed E-state index contributed by atoms with van der Waals surface area (Å²) < 4.78 is 0. The summed E-state index contributed by atoms with van der Waals surface area (Å²) in [5.74, 6) is 1.74. The van der Waals surface area contributed by atoms with E-state index in [0.29, 0.717) is 5.41 Å². The lowest BCUT2D eigenvalue weighted by atomic mass is 9.91. The van der Waals surface area contributed by atoms with Crippen LogP contribution in [0.25, 0.3) is 0 Å². The lowest BCUT2D eigenvalue weighted by molar-refractivity contribution is 0.407. The Labute approximate surface area is 58.7 Å². The molecule has 0 amide bonds. The zero-order chi connectivity index (χ0) is 7.07. The molecule has 1 rings (SSSR count). The third-order valence-electron chi connectivity index (χ3n) is 2.46. The second kappa shape index (κ2) is 2.00. The molecule has 0 aromatic heterocycles. The first kappa shape index (κ1) is 7.11. The Bertz CT molecular complexity index is 90.6. The van der Waals surface area contributed by atoms with E-state index in [1.54, 1.807) is 0 Å². The van der Waals surface area contributed by atoms with Crippen LogP contribution < -0.4 is 0 Å². The summed E-state index contributed by atoms with van der Waals surface area (Å²) in [5, 5.41) is 0. The highest BCUT2D eigenvalue weighted by Crippen LogP contribution is 2.43. The molecule has 1 aliphatic rings. The van der Waals surface area contributed by atoms with Crippen molar-refractivity contribution in [2.45, 2.75) is 34.1 Å². The van der Waals surface area contributed by atoms with Gasteiger partial charge >= 0.3 is 0 Å². The average Bonchev–Trinajstić information content (AvgIpc) is 1.79. The lowest BCUT2D eigenvalue weighted by Gasteiger charge is -2.15. The molecular formula is C9H17. The molecule has 2 atom stereocenters. The quantitative estimate of drug-likeness (QED) is 0.467. The van der Waals surface area contributed by atoms with Gasteiger partial charge in [-0.05, 0) is 30.1 Å². The number of hydrogen-bond acceptors (Lipinski definition) is 0. The summed E-state index contributed by atoms with van der Waals surface area (Å²) in [7, 11) is 0. The van der Waals surface area contributed by atoms with Crippen molar-refractivity contribution < 1.29 is 0 Å². The molecule has 1 aliphatic carbocycles. The summed E-state index contributed by atoms with van der Waals surface area (Å²) in [6, 6.07) is 0. The van der Waals surface area contributed by atoms with Crippen molar-refractivity contribution in [1.29, 1.82) is 0 Å². The van der Waals surface area contributed by atoms with E-state index < -0.39 is 0 Å². The predicted octanol–water partition coefficient (Wildman–Crippen LogP) is 2.89. The maximum Gasteiger partial charge on any atom is -0.0298 e. The van der Waals surface area contributed by atoms with Gasteiger partial charge in [0.2, 0.25) is 0 Å². The molecule has 53 valence electrons. The molecule has 0 N–H and O–H groups in total. The zero-order valence-electron chi connectivity index (χ0n) is 6.94. The van der Waals surface area contributed by atoms with Gasteiger partial charge in [0.25, 0.3) is 0 Å². The van der Waals surface area contributed by atoms with Crippen LogP contribution in [0.1, 0.15) is 34.1 Å². The van der Waals surface area contributed by atoms with Gasteiger partial charge in [0, 0.05) is 0 Å². The van der Waals surface area contributed by atoms with Crippen LogP contribution in [0.3, 0.4) is 0 Å². The van der Waals surface area contributed by atoms with Crippen LogP contribution in [-0.4, -0.2) is 0 Å². The van der Waals surface area contributed by atoms with E-state index >= 15 is 0 Å². The molecule has 0 heterocycles. The summed E-state index contributed by atoms with van der Waals surface area (Å²) >= 11 is 0. The van der Waals surface area contributed by atoms with Crippen LogP contribution in [0.2, 0.25) is 0 Å². The number of hydrogen-bond donors (Lipinski definition) is 0. The Kier molecular flexibility index (Phi) is 1.58. The van der Waals surface area contributed by atoms with Gasteiger partial charge in [-0.15, -0.1) is 0 Å². The molecular weight excluding hydrogens is 108 g/mol. The van der Waals surface area contributed by atoms with Gasteiger partial charge < -0.3 is 0 Å². The molecule has 0 spiro atoms. The minimum Gasteiger partial charge on any atom is -0.0622 e. The molecule has 2 unspecified atom stereocenters. The normalized spacial score (nSPS) is 41.3. The molecule has 0 bridgehead atoms. The van der Waals surface area contributed by atoms with Gasteiger partial charge in [0.15, 0.2) is 0 Å². The Balaban J connectivity index is 2.54. The Hall–Kier alpha value is 0. The van der Waals surface area contributed by atoms with Crippen LogP contribution in [0, 0.1) is 23.7 Å². The van der Waals surface area contributed by atoms with Crippen molar-refractivity contribution in [3.05, 3.63) is 6.42 Å². The van der Waals surface area contributed by atoms with Gasteiger partial charge in [-0.3, -0.25) is 0 Å². The summed E-state index contributed by atoms with van der Waals surface area (Å²) in [6.07, 6.45) is 3.85. The molecule has 0 nitrogen and oxygen atoms in total. The van der Waals surface area contributed by atoms with E-state index in [0.717, 1.165) is 11.8 Å². The molecule has 1 fully saturated rings. The molecule has 0 heteroatoms. The van der Waals surface area contributed by atoms with Crippen molar-refractivity contribution in [3.8, 4) is 0 Å². The fourth-order valence-electron chi connectivity index (χ4n) is 1.96. The largest absolute Gasteiger partial charge is 0.0622 e. The van der Waals surface area contributed by atoms with Crippen molar-refractivity contribution in [2.24, 2.45) is 17.3 Å². The molecule has 0 aliphatic heterocycles. The molecule has 0 saturated heterocycles. The van der Waals surface area contributed by atoms with Crippen molar-refractivity contribution >= 4 is 0 Å². The first-order valence-electron chi connectivity index (χ1n) is 3.87. The van der Waals surface area contributed by atoms with E-state index in [1.807, 2.05) is 0 Å². The summed E-state index contributed by atoms with van der Waals surface area (Å²) in [5.41, 5.74) is 0.513. The SMILES string of the molecule is CC1[CH]C(C)(C)CC1C. The Morgan fingerprint density at radius 2 is 1.89 bits per heavy atom. The highest BCUT2D eigenvalue weighted by atomic mass is 14.4. The first-order chi connectivity index (χ1) is 4.01. The Morgan fingerprint density at radius 1 is 1.33 bits per heavy atom. The highest BCUT2D eigenvalue weighted by molar-refractivity contribution is 4.98. The van der Waals surface area contributed by atoms with E-state index in [2.05, 4.69) is 34.1 Å². The second-order valence-electron chi connectivity index (χ2n) is 4.20. The summed E-state index contributed by atoms with van der Waals surface area (Å²) in [4.78, 5) is 0. The molecule has 0 aromatic rings. The monoisotopic (exact) mass is 125 g/mol. The molecule has 9 heavy (non-hydrogen) atoms. The lowest BCUT2D eigenvalue weighted by Crippen LogP contribution is -2.04. The highest BCUT2D eigenvalue weighted by Gasteiger charge is 2.33. The minimum absolute atomic E-state index is 0.513. The zero-order valence-corrected chi connectivity index (χ0v) is 6.94. The first-order valence-corrected chi connectivity index (χ1v) is 3.87. The standard InChI is InChI=1S/C9H17/c1-7-5-9(3,4)6-8(7)2/h5,7-8H,6H2,1-4H3. The predicted molar refractivity (Wildman–Crippen MR) is 41.0 cm³/mol. The van der Waals surface area contributed by atoms with Crippen LogP contribution >= 0.6 is 0 Å². The third kappa shape index (κ3) is 1.47. The topological polar surface area (TPSA) is 0 Å². The van der Waals surface area contributed by atoms with Crippen molar-refractivity contribution in [2.75, 3.05) is 0 Å². The third-order valence-corrected chi connectivity index (χ3v) is 2.46. The van der Waals surface area contributed by atoms with Crippen LogP contribution in [0.5, 0.6) is 0 Å². The fraction of sp³-hybridized carbons (Fsp3) is 0.889. The van der Waals surface area contributed by atoms with Gasteiger partial charge in [-0.2, -0.15) is 0 Å². The van der Waals surface area contributed by atoms with E-state index in [-0.39, 0.29) is 0 Å².